The number of alkyl halides is 3. The summed E-state index contributed by atoms with van der Waals surface area (Å²) >= 11 is 0. The Morgan fingerprint density at radius 2 is 1.97 bits per heavy atom. The van der Waals surface area contributed by atoms with E-state index in [1.165, 1.54) is 30.5 Å². The summed E-state index contributed by atoms with van der Waals surface area (Å²) in [4.78, 5) is 6.85. The van der Waals surface area contributed by atoms with Crippen LogP contribution >= 0.6 is 0 Å². The summed E-state index contributed by atoms with van der Waals surface area (Å²) in [7, 11) is -0.448. The van der Waals surface area contributed by atoms with Crippen molar-refractivity contribution in [3.63, 3.8) is 0 Å². The molecule has 2 unspecified atom stereocenters. The van der Waals surface area contributed by atoms with Crippen LogP contribution in [0.4, 0.5) is 13.2 Å². The number of aryl methyl sites for hydroxylation is 2. The van der Waals surface area contributed by atoms with Crippen LogP contribution in [0.3, 0.4) is 0 Å². The lowest BCUT2D eigenvalue weighted by atomic mass is 9.88. The molecule has 0 radical (unpaired) electrons. The summed E-state index contributed by atoms with van der Waals surface area (Å²) in [5.74, 6) is 3.15. The molecule has 0 saturated carbocycles. The summed E-state index contributed by atoms with van der Waals surface area (Å²) in [5, 5.41) is 9.40. The molecule has 0 fully saturated rings. The average molecular weight is 475 g/mol. The Balaban J connectivity index is 2.23. The number of imidazole rings is 1. The van der Waals surface area contributed by atoms with E-state index in [2.05, 4.69) is 15.8 Å². The molecule has 0 saturated heterocycles. The SMILES string of the molecule is C=S(C)(=O)c1cc(C)c2c(ccn2C)c1C(OC)(c1nc2ccc(C#N)cc2[nH]1)C(F)(F)F. The number of ether oxygens (including phenoxy) is 1. The number of methoxy groups -OCH3 is 1. The van der Waals surface area contributed by atoms with Gasteiger partial charge in [0.15, 0.2) is 5.82 Å². The van der Waals surface area contributed by atoms with Gasteiger partial charge in [0, 0.05) is 42.5 Å². The molecule has 0 aliphatic carbocycles. The van der Waals surface area contributed by atoms with Crippen LogP contribution in [0.5, 0.6) is 0 Å². The van der Waals surface area contributed by atoms with E-state index in [4.69, 9.17) is 10.00 Å². The van der Waals surface area contributed by atoms with Gasteiger partial charge in [-0.1, -0.05) is 0 Å². The molecule has 0 spiro atoms. The lowest BCUT2D eigenvalue weighted by molar-refractivity contribution is -0.261. The Hall–Kier alpha value is -3.29. The quantitative estimate of drug-likeness (QED) is 0.445. The highest BCUT2D eigenvalue weighted by Crippen LogP contribution is 2.51. The Morgan fingerprint density at radius 3 is 2.55 bits per heavy atom. The molecule has 10 heteroatoms. The Kier molecular flexibility index (Phi) is 5.11. The lowest BCUT2D eigenvalue weighted by Gasteiger charge is -2.35. The first kappa shape index (κ1) is 22.9. The lowest BCUT2D eigenvalue weighted by Crippen LogP contribution is -2.47. The van der Waals surface area contributed by atoms with Crippen LogP contribution in [0.2, 0.25) is 0 Å². The van der Waals surface area contributed by atoms with Crippen molar-refractivity contribution in [1.29, 1.82) is 5.26 Å². The number of nitriles is 1. The maximum absolute atomic E-state index is 15.1. The fourth-order valence-electron chi connectivity index (χ4n) is 4.35. The van der Waals surface area contributed by atoms with Crippen LogP contribution in [0, 0.1) is 18.3 Å². The smallest absolute Gasteiger partial charge is 0.358 e. The number of nitrogens with zero attached hydrogens (tertiary/aromatic N) is 3. The van der Waals surface area contributed by atoms with Gasteiger partial charge in [-0.2, -0.15) is 18.4 Å². The van der Waals surface area contributed by atoms with Crippen LogP contribution in [0.15, 0.2) is 41.4 Å². The summed E-state index contributed by atoms with van der Waals surface area (Å²) in [6.07, 6.45) is -2.06. The van der Waals surface area contributed by atoms with Crippen LogP contribution in [-0.2, 0) is 26.9 Å². The monoisotopic (exact) mass is 474 g/mol. The molecule has 2 aromatic carbocycles. The summed E-state index contributed by atoms with van der Waals surface area (Å²) in [6.45, 7) is 1.74. The van der Waals surface area contributed by atoms with Crippen molar-refractivity contribution in [2.75, 3.05) is 13.4 Å². The van der Waals surface area contributed by atoms with Crippen LogP contribution in [0.1, 0.15) is 22.5 Å². The molecular formula is C23H21F3N4O2S. The third-order valence-electron chi connectivity index (χ3n) is 5.78. The van der Waals surface area contributed by atoms with Crippen molar-refractivity contribution in [2.45, 2.75) is 23.6 Å². The van der Waals surface area contributed by atoms with Gasteiger partial charge in [0.1, 0.15) is 0 Å². The zero-order chi connectivity index (χ0) is 24.3. The molecule has 4 aromatic rings. The molecule has 0 aliphatic rings. The Labute approximate surface area is 188 Å². The van der Waals surface area contributed by atoms with E-state index in [1.807, 2.05) is 6.07 Å². The number of hydrogen-bond donors (Lipinski definition) is 1. The normalized spacial score (nSPS) is 15.9. The molecule has 4 rings (SSSR count). The predicted octanol–water partition coefficient (Wildman–Crippen LogP) is 4.39. The standard InChI is InChI=1S/C23H21F3N4O2S/c1-13-10-18(33(4,5)31)19(15-8-9-30(2)20(13)15)22(32-3,23(24,25)26)21-28-16-7-6-14(12-27)11-17(16)29-21/h6-11H,4H2,1-3,5H3,(H,28,29). The maximum Gasteiger partial charge on any atom is 0.429 e. The van der Waals surface area contributed by atoms with E-state index >= 15 is 13.2 Å². The van der Waals surface area contributed by atoms with Gasteiger partial charge < -0.3 is 14.3 Å². The van der Waals surface area contributed by atoms with Crippen molar-refractivity contribution in [3.8, 4) is 6.07 Å². The maximum atomic E-state index is 15.1. The Morgan fingerprint density at radius 1 is 1.27 bits per heavy atom. The minimum Gasteiger partial charge on any atom is -0.358 e. The molecule has 2 heterocycles. The topological polar surface area (TPSA) is 83.7 Å². The molecule has 2 aromatic heterocycles. The van der Waals surface area contributed by atoms with Crippen LogP contribution in [0.25, 0.3) is 21.9 Å². The third-order valence-corrected chi connectivity index (χ3v) is 7.03. The highest BCUT2D eigenvalue weighted by molar-refractivity contribution is 7.99. The second kappa shape index (κ2) is 7.37. The minimum absolute atomic E-state index is 0.0592. The molecule has 0 bridgehead atoms. The van der Waals surface area contributed by atoms with Gasteiger partial charge in [0.05, 0.1) is 28.2 Å². The zero-order valence-electron chi connectivity index (χ0n) is 18.4. The molecule has 0 amide bonds. The fraction of sp³-hybridized carbons (Fsp3) is 0.261. The second-order valence-electron chi connectivity index (χ2n) is 8.07. The largest absolute Gasteiger partial charge is 0.429 e. The number of halogens is 3. The highest BCUT2D eigenvalue weighted by atomic mass is 32.2. The molecule has 2 atom stereocenters. The zero-order valence-corrected chi connectivity index (χ0v) is 19.2. The number of fused-ring (bicyclic) bond motifs is 2. The number of nitrogens with one attached hydrogen (secondary N) is 1. The summed E-state index contributed by atoms with van der Waals surface area (Å²) < 4.78 is 65.4. The average Bonchev–Trinajstić information content (AvgIpc) is 3.32. The van der Waals surface area contributed by atoms with E-state index in [-0.39, 0.29) is 32.4 Å². The van der Waals surface area contributed by atoms with Gasteiger partial charge in [-0.25, -0.2) is 4.98 Å². The third kappa shape index (κ3) is 3.31. The van der Waals surface area contributed by atoms with Crippen LogP contribution in [-0.4, -0.2) is 44.2 Å². The van der Waals surface area contributed by atoms with Gasteiger partial charge in [-0.15, -0.1) is 0 Å². The molecule has 33 heavy (non-hydrogen) atoms. The number of H-pyrrole nitrogens is 1. The van der Waals surface area contributed by atoms with E-state index in [0.29, 0.717) is 11.1 Å². The number of hydrogen-bond acceptors (Lipinski definition) is 4. The van der Waals surface area contributed by atoms with Crippen molar-refractivity contribution < 1.29 is 22.1 Å². The molecule has 6 nitrogen and oxygen atoms in total. The van der Waals surface area contributed by atoms with Crippen molar-refractivity contribution in [3.05, 3.63) is 59.0 Å². The molecule has 172 valence electrons. The molecule has 0 aliphatic heterocycles. The van der Waals surface area contributed by atoms with Gasteiger partial charge in [-0.05, 0) is 58.2 Å². The van der Waals surface area contributed by atoms with Gasteiger partial charge in [-0.3, -0.25) is 4.21 Å². The van der Waals surface area contributed by atoms with Crippen molar-refractivity contribution in [2.24, 2.45) is 7.05 Å². The first-order valence-electron chi connectivity index (χ1n) is 9.78. The number of aromatic amines is 1. The number of benzene rings is 2. The summed E-state index contributed by atoms with van der Waals surface area (Å²) in [6, 6.07) is 9.32. The molecular weight excluding hydrogens is 453 g/mol. The highest BCUT2D eigenvalue weighted by Gasteiger charge is 2.62. The first-order valence-corrected chi connectivity index (χ1v) is 11.9. The number of rotatable bonds is 4. The van der Waals surface area contributed by atoms with Gasteiger partial charge >= 0.3 is 6.18 Å². The molecule has 1 N–H and O–H groups in total. The first-order chi connectivity index (χ1) is 15.3. The number of aromatic nitrogens is 3. The van der Waals surface area contributed by atoms with Crippen molar-refractivity contribution >= 4 is 37.3 Å². The van der Waals surface area contributed by atoms with E-state index < -0.39 is 27.1 Å². The summed E-state index contributed by atoms with van der Waals surface area (Å²) in [5.41, 5.74) is -1.43. The van der Waals surface area contributed by atoms with E-state index in [0.717, 1.165) is 7.11 Å². The Bertz CT molecular complexity index is 1560. The van der Waals surface area contributed by atoms with Gasteiger partial charge in [0.2, 0.25) is 5.60 Å². The second-order valence-corrected chi connectivity index (χ2v) is 10.5. The van der Waals surface area contributed by atoms with E-state index in [1.54, 1.807) is 30.8 Å². The van der Waals surface area contributed by atoms with Crippen LogP contribution < -0.4 is 0 Å². The minimum atomic E-state index is -4.99. The van der Waals surface area contributed by atoms with E-state index in [9.17, 15) is 4.21 Å². The van der Waals surface area contributed by atoms with Crippen molar-refractivity contribution in [1.82, 2.24) is 14.5 Å². The van der Waals surface area contributed by atoms with Gasteiger partial charge in [0.25, 0.3) is 0 Å². The fourth-order valence-corrected chi connectivity index (χ4v) is 5.46. The predicted molar refractivity (Wildman–Crippen MR) is 122 cm³/mol.